The van der Waals surface area contributed by atoms with Crippen molar-refractivity contribution in [3.63, 3.8) is 0 Å². The van der Waals surface area contributed by atoms with Crippen LogP contribution in [0.5, 0.6) is 0 Å². The summed E-state index contributed by atoms with van der Waals surface area (Å²) >= 11 is 0. The lowest BCUT2D eigenvalue weighted by atomic mass is 10.2. The SMILES string of the molecule is CC(C)CNCc1cn(Cc2ccn(C)n2)nn1. The first kappa shape index (κ1) is 12.8. The highest BCUT2D eigenvalue weighted by Crippen LogP contribution is 1.99. The van der Waals surface area contributed by atoms with Crippen molar-refractivity contribution in [2.24, 2.45) is 13.0 Å². The first-order valence-corrected chi connectivity index (χ1v) is 6.21. The summed E-state index contributed by atoms with van der Waals surface area (Å²) in [4.78, 5) is 0. The van der Waals surface area contributed by atoms with Crippen LogP contribution in [0, 0.1) is 5.92 Å². The van der Waals surface area contributed by atoms with Crippen LogP contribution in [0.4, 0.5) is 0 Å². The molecule has 0 atom stereocenters. The zero-order valence-electron chi connectivity index (χ0n) is 11.2. The van der Waals surface area contributed by atoms with Gasteiger partial charge in [-0.15, -0.1) is 5.10 Å². The van der Waals surface area contributed by atoms with Gasteiger partial charge in [0, 0.05) is 19.8 Å². The summed E-state index contributed by atoms with van der Waals surface area (Å²) in [6, 6.07) is 1.98. The number of aromatic nitrogens is 5. The summed E-state index contributed by atoms with van der Waals surface area (Å²) in [5.74, 6) is 0.647. The van der Waals surface area contributed by atoms with Gasteiger partial charge in [-0.25, -0.2) is 4.68 Å². The van der Waals surface area contributed by atoms with E-state index in [0.717, 1.165) is 24.5 Å². The van der Waals surface area contributed by atoms with Crippen LogP contribution < -0.4 is 5.32 Å². The van der Waals surface area contributed by atoms with Crippen LogP contribution in [-0.4, -0.2) is 31.3 Å². The Balaban J connectivity index is 1.86. The van der Waals surface area contributed by atoms with Gasteiger partial charge >= 0.3 is 0 Å². The molecule has 0 saturated heterocycles. The number of rotatable bonds is 6. The van der Waals surface area contributed by atoms with Gasteiger partial charge in [-0.2, -0.15) is 5.10 Å². The van der Waals surface area contributed by atoms with Gasteiger partial charge in [0.05, 0.1) is 24.1 Å². The van der Waals surface area contributed by atoms with Gasteiger partial charge in [-0.05, 0) is 18.5 Å². The lowest BCUT2D eigenvalue weighted by molar-refractivity contribution is 0.548. The minimum atomic E-state index is 0.647. The van der Waals surface area contributed by atoms with Crippen molar-refractivity contribution in [3.05, 3.63) is 29.8 Å². The molecule has 98 valence electrons. The second-order valence-corrected chi connectivity index (χ2v) is 4.91. The molecule has 2 aromatic rings. The number of hydrogen-bond acceptors (Lipinski definition) is 4. The highest BCUT2D eigenvalue weighted by atomic mass is 15.4. The third-order valence-corrected chi connectivity index (χ3v) is 2.54. The van der Waals surface area contributed by atoms with Crippen LogP contribution in [0.2, 0.25) is 0 Å². The summed E-state index contributed by atoms with van der Waals surface area (Å²) in [6.45, 7) is 6.79. The first-order chi connectivity index (χ1) is 8.63. The summed E-state index contributed by atoms with van der Waals surface area (Å²) in [7, 11) is 1.91. The Morgan fingerprint density at radius 3 is 2.83 bits per heavy atom. The minimum absolute atomic E-state index is 0.647. The summed E-state index contributed by atoms with van der Waals surface area (Å²) < 4.78 is 3.60. The summed E-state index contributed by atoms with van der Waals surface area (Å²) in [5.41, 5.74) is 1.95. The molecular weight excluding hydrogens is 228 g/mol. The average Bonchev–Trinajstić information content (AvgIpc) is 2.89. The van der Waals surface area contributed by atoms with Gasteiger partial charge < -0.3 is 5.32 Å². The van der Waals surface area contributed by atoms with Crippen molar-refractivity contribution in [3.8, 4) is 0 Å². The van der Waals surface area contributed by atoms with Gasteiger partial charge in [-0.3, -0.25) is 4.68 Å². The molecule has 0 aromatic carbocycles. The first-order valence-electron chi connectivity index (χ1n) is 6.21. The minimum Gasteiger partial charge on any atom is -0.311 e. The fourth-order valence-electron chi connectivity index (χ4n) is 1.70. The van der Waals surface area contributed by atoms with E-state index in [-0.39, 0.29) is 0 Å². The Hall–Kier alpha value is -1.69. The van der Waals surface area contributed by atoms with Crippen molar-refractivity contribution >= 4 is 0 Å². The lowest BCUT2D eigenvalue weighted by Crippen LogP contribution is -2.19. The Kier molecular flexibility index (Phi) is 4.09. The van der Waals surface area contributed by atoms with E-state index in [1.54, 1.807) is 4.68 Å². The lowest BCUT2D eigenvalue weighted by Gasteiger charge is -2.04. The molecule has 0 radical (unpaired) electrons. The molecule has 2 rings (SSSR count). The van der Waals surface area contributed by atoms with E-state index >= 15 is 0 Å². The van der Waals surface area contributed by atoms with E-state index in [2.05, 4.69) is 34.6 Å². The molecular formula is C12H20N6. The van der Waals surface area contributed by atoms with Crippen LogP contribution >= 0.6 is 0 Å². The van der Waals surface area contributed by atoms with Gasteiger partial charge in [-0.1, -0.05) is 19.1 Å². The van der Waals surface area contributed by atoms with Crippen LogP contribution in [0.3, 0.4) is 0 Å². The van der Waals surface area contributed by atoms with Crippen LogP contribution in [0.1, 0.15) is 25.2 Å². The Morgan fingerprint density at radius 2 is 2.17 bits per heavy atom. The quantitative estimate of drug-likeness (QED) is 0.821. The maximum absolute atomic E-state index is 4.31. The third kappa shape index (κ3) is 3.66. The maximum atomic E-state index is 4.31. The monoisotopic (exact) mass is 248 g/mol. The van der Waals surface area contributed by atoms with Crippen molar-refractivity contribution < 1.29 is 0 Å². The molecule has 6 nitrogen and oxygen atoms in total. The largest absolute Gasteiger partial charge is 0.311 e. The highest BCUT2D eigenvalue weighted by Gasteiger charge is 2.03. The number of nitrogens with zero attached hydrogens (tertiary/aromatic N) is 5. The van der Waals surface area contributed by atoms with E-state index in [4.69, 9.17) is 0 Å². The van der Waals surface area contributed by atoms with Crippen LogP contribution in [0.25, 0.3) is 0 Å². The molecule has 0 aliphatic rings. The Bertz CT molecular complexity index is 484. The molecule has 1 N–H and O–H groups in total. The fraction of sp³-hybridized carbons (Fsp3) is 0.583. The molecule has 0 aliphatic carbocycles. The zero-order valence-corrected chi connectivity index (χ0v) is 11.2. The van der Waals surface area contributed by atoms with E-state index < -0.39 is 0 Å². The fourth-order valence-corrected chi connectivity index (χ4v) is 1.70. The predicted octanol–water partition coefficient (Wildman–Crippen LogP) is 0.805. The van der Waals surface area contributed by atoms with Crippen molar-refractivity contribution in [2.75, 3.05) is 6.54 Å². The molecule has 0 saturated carbocycles. The zero-order chi connectivity index (χ0) is 13.0. The molecule has 0 amide bonds. The van der Waals surface area contributed by atoms with E-state index in [1.165, 1.54) is 0 Å². The second-order valence-electron chi connectivity index (χ2n) is 4.91. The van der Waals surface area contributed by atoms with Gasteiger partial charge in [0.15, 0.2) is 0 Å². The van der Waals surface area contributed by atoms with E-state index in [0.29, 0.717) is 12.5 Å². The molecule has 18 heavy (non-hydrogen) atoms. The van der Waals surface area contributed by atoms with E-state index in [9.17, 15) is 0 Å². The molecule has 2 aromatic heterocycles. The van der Waals surface area contributed by atoms with Crippen LogP contribution in [-0.2, 0) is 20.1 Å². The molecule has 0 aliphatic heterocycles. The number of hydrogen-bond donors (Lipinski definition) is 1. The van der Waals surface area contributed by atoms with Gasteiger partial charge in [0.2, 0.25) is 0 Å². The molecule has 0 fully saturated rings. The topological polar surface area (TPSA) is 60.6 Å². The molecule has 2 heterocycles. The molecule has 0 bridgehead atoms. The van der Waals surface area contributed by atoms with Crippen molar-refractivity contribution in [1.82, 2.24) is 30.1 Å². The number of nitrogens with one attached hydrogen (secondary N) is 1. The maximum Gasteiger partial charge on any atom is 0.0964 e. The Morgan fingerprint density at radius 1 is 1.33 bits per heavy atom. The van der Waals surface area contributed by atoms with Gasteiger partial charge in [0.1, 0.15) is 0 Å². The second kappa shape index (κ2) is 5.77. The predicted molar refractivity (Wildman–Crippen MR) is 68.9 cm³/mol. The van der Waals surface area contributed by atoms with Crippen molar-refractivity contribution in [1.29, 1.82) is 0 Å². The smallest absolute Gasteiger partial charge is 0.0964 e. The summed E-state index contributed by atoms with van der Waals surface area (Å²) in [6.07, 6.45) is 3.89. The van der Waals surface area contributed by atoms with Gasteiger partial charge in [0.25, 0.3) is 0 Å². The molecule has 6 heteroatoms. The van der Waals surface area contributed by atoms with Crippen molar-refractivity contribution in [2.45, 2.75) is 26.9 Å². The Labute approximate surface area is 107 Å². The normalized spacial score (nSPS) is 11.3. The number of aryl methyl sites for hydroxylation is 1. The van der Waals surface area contributed by atoms with Crippen LogP contribution in [0.15, 0.2) is 18.5 Å². The third-order valence-electron chi connectivity index (χ3n) is 2.54. The molecule has 0 spiro atoms. The standard InChI is InChI=1S/C12H20N6/c1-10(2)6-13-7-12-9-18(16-14-12)8-11-4-5-17(3)15-11/h4-5,9-10,13H,6-8H2,1-3H3. The van der Waals surface area contributed by atoms with E-state index in [1.807, 2.05) is 30.2 Å². The average molecular weight is 248 g/mol. The summed E-state index contributed by atoms with van der Waals surface area (Å²) in [5, 5.41) is 15.9. The molecule has 0 unspecified atom stereocenters. The highest BCUT2D eigenvalue weighted by molar-refractivity contribution is 5.00.